The van der Waals surface area contributed by atoms with Crippen molar-refractivity contribution in [2.75, 3.05) is 36.4 Å². The number of ether oxygens (including phenoxy) is 1. The van der Waals surface area contributed by atoms with E-state index in [-0.39, 0.29) is 17.6 Å². The third kappa shape index (κ3) is 4.22. The molecule has 3 aliphatic heterocycles. The normalized spacial score (nSPS) is 24.4. The number of likely N-dealkylation sites (tertiary alicyclic amines) is 1. The number of anilines is 2. The molecule has 0 aromatic heterocycles. The molecule has 32 heavy (non-hydrogen) atoms. The lowest BCUT2D eigenvalue weighted by atomic mass is 9.86. The number of rotatable bonds is 3. The van der Waals surface area contributed by atoms with Crippen LogP contribution in [0.4, 0.5) is 11.4 Å². The lowest BCUT2D eigenvalue weighted by molar-refractivity contribution is -0.114. The number of carbonyl (C=O) groups is 1. The Bertz CT molecular complexity index is 1040. The number of β-amino-alcohol motifs (C(OH)–C–C–N with tert-alkyl or cyclic N) is 1. The molecule has 2 aromatic rings. The van der Waals surface area contributed by atoms with Gasteiger partial charge in [0.15, 0.2) is 0 Å². The number of halogens is 1. The molecule has 2 N–H and O–H groups in total. The van der Waals surface area contributed by atoms with Crippen LogP contribution in [-0.2, 0) is 11.2 Å². The van der Waals surface area contributed by atoms with E-state index >= 15 is 0 Å². The number of aliphatic hydroxyl groups excluding tert-OH is 1. The number of nitrogens with one attached hydrogen (secondary N) is 1. The van der Waals surface area contributed by atoms with Crippen LogP contribution in [0.3, 0.4) is 0 Å². The van der Waals surface area contributed by atoms with E-state index in [1.54, 1.807) is 0 Å². The molecule has 3 atom stereocenters. The number of fused-ring (bicyclic) bond motifs is 1. The molecule has 0 saturated carbocycles. The van der Waals surface area contributed by atoms with Crippen molar-refractivity contribution in [1.29, 1.82) is 0 Å². The summed E-state index contributed by atoms with van der Waals surface area (Å²) in [6, 6.07) is 11.9. The minimum absolute atomic E-state index is 0.0592. The summed E-state index contributed by atoms with van der Waals surface area (Å²) in [5.74, 6) is 0.858. The third-order valence-electron chi connectivity index (χ3n) is 6.97. The molecule has 5 rings (SSSR count). The fourth-order valence-corrected chi connectivity index (χ4v) is 5.82. The first-order valence-corrected chi connectivity index (χ1v) is 12.1. The average Bonchev–Trinajstić information content (AvgIpc) is 3.29. The van der Waals surface area contributed by atoms with E-state index in [0.29, 0.717) is 6.54 Å². The Balaban J connectivity index is 1.26. The maximum absolute atomic E-state index is 11.7. The summed E-state index contributed by atoms with van der Waals surface area (Å²) < 4.78 is 6.38. The summed E-state index contributed by atoms with van der Waals surface area (Å²) in [6.45, 7) is 4.57. The van der Waals surface area contributed by atoms with Gasteiger partial charge in [-0.3, -0.25) is 9.69 Å². The van der Waals surface area contributed by atoms with E-state index in [1.807, 2.05) is 36.4 Å². The van der Waals surface area contributed by atoms with Gasteiger partial charge < -0.3 is 20.1 Å². The Kier molecular flexibility index (Phi) is 5.83. The number of amides is 1. The third-order valence-corrected chi connectivity index (χ3v) is 7.57. The number of nitrogens with zero attached hydrogens (tertiary/aromatic N) is 2. The Morgan fingerprint density at radius 3 is 2.75 bits per heavy atom. The average molecular weight is 474 g/mol. The van der Waals surface area contributed by atoms with Gasteiger partial charge >= 0.3 is 0 Å². The SMILES string of the molecule is CC(=O)Nc1ccc(P)cc1N1CC(O)C(N2CCC3(CC2)Cc2cc(Cl)ccc2O3)C1. The van der Waals surface area contributed by atoms with Gasteiger partial charge in [-0.05, 0) is 41.2 Å². The van der Waals surface area contributed by atoms with Gasteiger partial charge in [0.1, 0.15) is 11.4 Å². The molecule has 6 nitrogen and oxygen atoms in total. The zero-order valence-electron chi connectivity index (χ0n) is 18.2. The lowest BCUT2D eigenvalue weighted by Crippen LogP contribution is -2.53. The van der Waals surface area contributed by atoms with Crippen LogP contribution >= 0.6 is 20.8 Å². The Hall–Kier alpha value is -1.85. The van der Waals surface area contributed by atoms with Crippen LogP contribution in [0.15, 0.2) is 36.4 Å². The number of aliphatic hydroxyl groups is 1. The Labute approximate surface area is 196 Å². The molecule has 0 aliphatic carbocycles. The maximum Gasteiger partial charge on any atom is 0.221 e. The zero-order valence-corrected chi connectivity index (χ0v) is 20.1. The molecule has 2 saturated heterocycles. The lowest BCUT2D eigenvalue weighted by Gasteiger charge is -2.41. The van der Waals surface area contributed by atoms with E-state index in [9.17, 15) is 9.90 Å². The van der Waals surface area contributed by atoms with Crippen LogP contribution < -0.4 is 20.3 Å². The standard InChI is InChI=1S/C24H29ClN3O3P/c1-15(29)26-19-4-3-18(32)11-20(19)28-13-21(22(30)14-28)27-8-6-24(7-9-27)12-16-10-17(25)2-5-23(16)31-24/h2-5,10-11,21-22,30H,6-9,12-14,32H2,1H3,(H,26,29). The van der Waals surface area contributed by atoms with Crippen molar-refractivity contribution in [2.45, 2.75) is 43.9 Å². The van der Waals surface area contributed by atoms with Crippen molar-refractivity contribution in [2.24, 2.45) is 0 Å². The maximum atomic E-state index is 11.7. The summed E-state index contributed by atoms with van der Waals surface area (Å²) in [7, 11) is 2.71. The molecule has 3 heterocycles. The first-order valence-electron chi connectivity index (χ1n) is 11.1. The highest BCUT2D eigenvalue weighted by atomic mass is 35.5. The van der Waals surface area contributed by atoms with Gasteiger partial charge in [-0.25, -0.2) is 0 Å². The summed E-state index contributed by atoms with van der Waals surface area (Å²) in [6.07, 6.45) is 2.32. The topological polar surface area (TPSA) is 65.0 Å². The molecule has 1 spiro atoms. The Morgan fingerprint density at radius 1 is 1.22 bits per heavy atom. The van der Waals surface area contributed by atoms with E-state index in [2.05, 4.69) is 24.4 Å². The molecule has 3 aliphatic rings. The molecule has 0 bridgehead atoms. The number of carbonyl (C=O) groups excluding carboxylic acids is 1. The van der Waals surface area contributed by atoms with Gasteiger partial charge in [-0.1, -0.05) is 17.7 Å². The molecule has 1 amide bonds. The zero-order chi connectivity index (χ0) is 22.5. The summed E-state index contributed by atoms with van der Waals surface area (Å²) in [5, 5.41) is 15.6. The molecule has 170 valence electrons. The van der Waals surface area contributed by atoms with Crippen LogP contribution in [0, 0.1) is 0 Å². The van der Waals surface area contributed by atoms with Crippen molar-refractivity contribution < 1.29 is 14.6 Å². The minimum Gasteiger partial charge on any atom is -0.487 e. The van der Waals surface area contributed by atoms with Gasteiger partial charge in [0.2, 0.25) is 5.91 Å². The quantitative estimate of drug-likeness (QED) is 0.671. The van der Waals surface area contributed by atoms with Crippen molar-refractivity contribution in [3.05, 3.63) is 47.0 Å². The molecular formula is C24H29ClN3O3P. The highest BCUT2D eigenvalue weighted by Crippen LogP contribution is 2.42. The van der Waals surface area contributed by atoms with Crippen LogP contribution in [0.2, 0.25) is 5.02 Å². The van der Waals surface area contributed by atoms with Crippen molar-refractivity contribution in [3.8, 4) is 5.75 Å². The monoisotopic (exact) mass is 473 g/mol. The van der Waals surface area contributed by atoms with Gasteiger partial charge in [-0.2, -0.15) is 0 Å². The number of hydrogen-bond acceptors (Lipinski definition) is 5. The van der Waals surface area contributed by atoms with E-state index in [0.717, 1.165) is 66.3 Å². The predicted molar refractivity (Wildman–Crippen MR) is 131 cm³/mol. The Morgan fingerprint density at radius 2 is 2.00 bits per heavy atom. The van der Waals surface area contributed by atoms with Crippen LogP contribution in [0.5, 0.6) is 5.75 Å². The first kappa shape index (κ1) is 22.0. The predicted octanol–water partition coefficient (Wildman–Crippen LogP) is 2.82. The smallest absolute Gasteiger partial charge is 0.221 e. The molecular weight excluding hydrogens is 445 g/mol. The van der Waals surface area contributed by atoms with E-state index in [1.165, 1.54) is 12.5 Å². The summed E-state index contributed by atoms with van der Waals surface area (Å²) in [5.41, 5.74) is 2.78. The van der Waals surface area contributed by atoms with Gasteiger partial charge in [0.05, 0.1) is 23.5 Å². The minimum atomic E-state index is -0.442. The highest BCUT2D eigenvalue weighted by molar-refractivity contribution is 7.27. The highest BCUT2D eigenvalue weighted by Gasteiger charge is 2.45. The van der Waals surface area contributed by atoms with Crippen molar-refractivity contribution in [1.82, 2.24) is 4.90 Å². The van der Waals surface area contributed by atoms with Gasteiger partial charge in [0.25, 0.3) is 0 Å². The largest absolute Gasteiger partial charge is 0.487 e. The van der Waals surface area contributed by atoms with Crippen molar-refractivity contribution in [3.63, 3.8) is 0 Å². The molecule has 3 unspecified atom stereocenters. The fraction of sp³-hybridized carbons (Fsp3) is 0.458. The van der Waals surface area contributed by atoms with E-state index < -0.39 is 6.10 Å². The number of hydrogen-bond donors (Lipinski definition) is 2. The van der Waals surface area contributed by atoms with Crippen LogP contribution in [-0.4, -0.2) is 59.8 Å². The number of benzene rings is 2. The second-order valence-electron chi connectivity index (χ2n) is 9.25. The fourth-order valence-electron chi connectivity index (χ4n) is 5.37. The van der Waals surface area contributed by atoms with Gasteiger partial charge in [0, 0.05) is 57.4 Å². The molecule has 0 radical (unpaired) electrons. The molecule has 2 aromatic carbocycles. The second-order valence-corrected chi connectivity index (χ2v) is 10.4. The van der Waals surface area contributed by atoms with Crippen LogP contribution in [0.1, 0.15) is 25.3 Å². The van der Waals surface area contributed by atoms with Gasteiger partial charge in [-0.15, -0.1) is 9.24 Å². The van der Waals surface area contributed by atoms with E-state index in [4.69, 9.17) is 16.3 Å². The summed E-state index contributed by atoms with van der Waals surface area (Å²) in [4.78, 5) is 16.2. The summed E-state index contributed by atoms with van der Waals surface area (Å²) >= 11 is 6.17. The number of piperidine rings is 1. The second kappa shape index (κ2) is 8.49. The molecule has 8 heteroatoms. The molecule has 2 fully saturated rings. The first-order chi connectivity index (χ1) is 15.3. The van der Waals surface area contributed by atoms with Crippen LogP contribution in [0.25, 0.3) is 0 Å². The van der Waals surface area contributed by atoms with Crippen molar-refractivity contribution >= 4 is 43.4 Å².